The first-order valence-electron chi connectivity index (χ1n) is 5.67. The monoisotopic (exact) mass is 338 g/mol. The van der Waals surface area contributed by atoms with Gasteiger partial charge in [0.2, 0.25) is 0 Å². The van der Waals surface area contributed by atoms with Crippen molar-refractivity contribution in [3.8, 4) is 0 Å². The molecule has 1 aliphatic rings. The zero-order valence-corrected chi connectivity index (χ0v) is 12.1. The van der Waals surface area contributed by atoms with Crippen molar-refractivity contribution < 1.29 is 14.3 Å². The van der Waals surface area contributed by atoms with E-state index in [0.717, 1.165) is 31.3 Å². The van der Waals surface area contributed by atoms with E-state index in [2.05, 4.69) is 29.5 Å². The molecule has 0 saturated carbocycles. The van der Waals surface area contributed by atoms with Crippen molar-refractivity contribution >= 4 is 28.6 Å². The Bertz CT molecular complexity index is 275. The lowest BCUT2D eigenvalue weighted by Crippen LogP contribution is -2.34. The van der Waals surface area contributed by atoms with Crippen molar-refractivity contribution in [1.29, 1.82) is 0 Å². The van der Waals surface area contributed by atoms with Crippen LogP contribution in [-0.2, 0) is 14.3 Å². The molecule has 0 aromatic rings. The van der Waals surface area contributed by atoms with E-state index in [1.807, 2.05) is 4.08 Å². The molecule has 92 valence electrons. The number of unbranched alkanes of at least 4 members (excludes halogenated alkanes) is 2. The highest BCUT2D eigenvalue weighted by Gasteiger charge is 2.46. The summed E-state index contributed by atoms with van der Waals surface area (Å²) in [5, 5.41) is 0. The molecular formula is C12H19IO3. The highest BCUT2D eigenvalue weighted by atomic mass is 127. The summed E-state index contributed by atoms with van der Waals surface area (Å²) < 4.78 is 12.3. The zero-order valence-electron chi connectivity index (χ0n) is 9.92. The van der Waals surface area contributed by atoms with Gasteiger partial charge in [-0.25, -0.2) is 0 Å². The van der Waals surface area contributed by atoms with Crippen LogP contribution >= 0.6 is 22.6 Å². The molecule has 0 bridgehead atoms. The minimum absolute atomic E-state index is 0.149. The summed E-state index contributed by atoms with van der Waals surface area (Å²) in [4.78, 5) is 12.0. The number of esters is 1. The molecule has 0 aromatic heterocycles. The Balaban J connectivity index is 2.80. The quantitative estimate of drug-likeness (QED) is 0.439. The smallest absolute Gasteiger partial charge is 0.318 e. The second kappa shape index (κ2) is 6.59. The van der Waals surface area contributed by atoms with E-state index in [9.17, 15) is 4.79 Å². The van der Waals surface area contributed by atoms with E-state index in [4.69, 9.17) is 9.47 Å². The van der Waals surface area contributed by atoms with Gasteiger partial charge < -0.3 is 9.47 Å². The number of hydrogen-bond donors (Lipinski definition) is 0. The molecule has 1 rings (SSSR count). The summed E-state index contributed by atoms with van der Waals surface area (Å²) in [6.07, 6.45) is 4.18. The molecule has 16 heavy (non-hydrogen) atoms. The van der Waals surface area contributed by atoms with E-state index in [1.165, 1.54) is 7.11 Å². The molecule has 0 aromatic carbocycles. The molecule has 1 fully saturated rings. The van der Waals surface area contributed by atoms with Crippen LogP contribution in [0.2, 0.25) is 0 Å². The average molecular weight is 338 g/mol. The molecule has 0 amide bonds. The molecule has 4 heteroatoms. The number of halogens is 1. The van der Waals surface area contributed by atoms with Crippen molar-refractivity contribution in [1.82, 2.24) is 0 Å². The standard InChI is InChI=1S/C12H19IO3/c1-3-4-5-6-12(11(14)15-2)9-16-8-10(12)7-13/h7H,3-6,8-9H2,1-2H3/b10-7+. The number of ether oxygens (including phenoxy) is 2. The Labute approximate surface area is 111 Å². The third-order valence-corrected chi connectivity index (χ3v) is 3.89. The largest absolute Gasteiger partial charge is 0.468 e. The van der Waals surface area contributed by atoms with Gasteiger partial charge in [0.15, 0.2) is 0 Å². The zero-order chi connectivity index (χ0) is 12.0. The fraction of sp³-hybridized carbons (Fsp3) is 0.750. The first-order chi connectivity index (χ1) is 7.71. The van der Waals surface area contributed by atoms with Gasteiger partial charge in [-0.05, 0) is 16.1 Å². The molecule has 1 aliphatic heterocycles. The van der Waals surface area contributed by atoms with Crippen LogP contribution in [0.1, 0.15) is 32.6 Å². The van der Waals surface area contributed by atoms with E-state index in [0.29, 0.717) is 13.2 Å². The summed E-state index contributed by atoms with van der Waals surface area (Å²) in [5.41, 5.74) is 0.557. The molecular weight excluding hydrogens is 319 g/mol. The molecule has 0 aliphatic carbocycles. The fourth-order valence-corrected chi connectivity index (χ4v) is 2.87. The second-order valence-electron chi connectivity index (χ2n) is 4.16. The fourth-order valence-electron chi connectivity index (χ4n) is 2.10. The van der Waals surface area contributed by atoms with E-state index in [-0.39, 0.29) is 5.97 Å². The molecule has 0 radical (unpaired) electrons. The number of hydrogen-bond acceptors (Lipinski definition) is 3. The lowest BCUT2D eigenvalue weighted by molar-refractivity contribution is -0.151. The van der Waals surface area contributed by atoms with Crippen molar-refractivity contribution in [3.05, 3.63) is 9.66 Å². The lowest BCUT2D eigenvalue weighted by Gasteiger charge is -2.25. The molecule has 1 heterocycles. The van der Waals surface area contributed by atoms with Crippen molar-refractivity contribution in [2.24, 2.45) is 5.41 Å². The topological polar surface area (TPSA) is 35.5 Å². The first kappa shape index (κ1) is 14.0. The van der Waals surface area contributed by atoms with Gasteiger partial charge in [0.25, 0.3) is 0 Å². The van der Waals surface area contributed by atoms with Crippen LogP contribution in [0.5, 0.6) is 0 Å². The predicted octanol–water partition coefficient (Wildman–Crippen LogP) is 3.08. The Morgan fingerprint density at radius 3 is 2.94 bits per heavy atom. The summed E-state index contributed by atoms with van der Waals surface area (Å²) in [6, 6.07) is 0. The maximum atomic E-state index is 12.0. The van der Waals surface area contributed by atoms with Gasteiger partial charge in [0.1, 0.15) is 5.41 Å². The number of rotatable bonds is 5. The van der Waals surface area contributed by atoms with Gasteiger partial charge >= 0.3 is 5.97 Å². The SMILES string of the molecule is CCCCCC1(C(=O)OC)COC/C1=C\I. The minimum Gasteiger partial charge on any atom is -0.468 e. The molecule has 0 spiro atoms. The highest BCUT2D eigenvalue weighted by molar-refractivity contribution is 14.1. The van der Waals surface area contributed by atoms with Crippen LogP contribution in [0.25, 0.3) is 0 Å². The van der Waals surface area contributed by atoms with Gasteiger partial charge in [-0.3, -0.25) is 4.79 Å². The van der Waals surface area contributed by atoms with Gasteiger partial charge in [-0.1, -0.05) is 48.8 Å². The van der Waals surface area contributed by atoms with E-state index >= 15 is 0 Å². The van der Waals surface area contributed by atoms with Crippen LogP contribution in [0.3, 0.4) is 0 Å². The second-order valence-corrected chi connectivity index (χ2v) is 4.78. The van der Waals surface area contributed by atoms with Gasteiger partial charge in [-0.15, -0.1) is 0 Å². The number of carbonyl (C=O) groups is 1. The van der Waals surface area contributed by atoms with Crippen molar-refractivity contribution in [2.75, 3.05) is 20.3 Å². The van der Waals surface area contributed by atoms with Crippen LogP contribution in [-0.4, -0.2) is 26.3 Å². The number of methoxy groups -OCH3 is 1. The number of carbonyl (C=O) groups excluding carboxylic acids is 1. The average Bonchev–Trinajstić information content (AvgIpc) is 2.72. The Kier molecular flexibility index (Phi) is 5.75. The molecule has 1 unspecified atom stereocenters. The molecule has 1 saturated heterocycles. The summed E-state index contributed by atoms with van der Waals surface area (Å²) >= 11 is 2.18. The normalized spacial score (nSPS) is 27.3. The maximum Gasteiger partial charge on any atom is 0.318 e. The molecule has 1 atom stereocenters. The highest BCUT2D eigenvalue weighted by Crippen LogP contribution is 2.40. The van der Waals surface area contributed by atoms with Gasteiger partial charge in [-0.2, -0.15) is 0 Å². The van der Waals surface area contributed by atoms with Gasteiger partial charge in [0.05, 0.1) is 20.3 Å². The Morgan fingerprint density at radius 1 is 1.62 bits per heavy atom. The third kappa shape index (κ3) is 2.77. The van der Waals surface area contributed by atoms with Crippen molar-refractivity contribution in [3.63, 3.8) is 0 Å². The summed E-state index contributed by atoms with van der Waals surface area (Å²) in [6.45, 7) is 3.19. The van der Waals surface area contributed by atoms with E-state index < -0.39 is 5.41 Å². The lowest BCUT2D eigenvalue weighted by atomic mass is 9.79. The Morgan fingerprint density at radius 2 is 2.38 bits per heavy atom. The summed E-state index contributed by atoms with van der Waals surface area (Å²) in [7, 11) is 1.45. The molecule has 0 N–H and O–H groups in total. The van der Waals surface area contributed by atoms with Crippen LogP contribution in [0.4, 0.5) is 0 Å². The Hall–Kier alpha value is -0.100. The maximum absolute atomic E-state index is 12.0. The third-order valence-electron chi connectivity index (χ3n) is 3.14. The predicted molar refractivity (Wildman–Crippen MR) is 71.5 cm³/mol. The van der Waals surface area contributed by atoms with Crippen LogP contribution in [0.15, 0.2) is 9.66 Å². The van der Waals surface area contributed by atoms with Crippen molar-refractivity contribution in [2.45, 2.75) is 32.6 Å². The minimum atomic E-state index is -0.509. The van der Waals surface area contributed by atoms with Gasteiger partial charge in [0, 0.05) is 0 Å². The van der Waals surface area contributed by atoms with Crippen LogP contribution < -0.4 is 0 Å². The first-order valence-corrected chi connectivity index (χ1v) is 6.91. The van der Waals surface area contributed by atoms with Crippen LogP contribution in [0, 0.1) is 5.41 Å². The van der Waals surface area contributed by atoms with E-state index in [1.54, 1.807) is 0 Å². The molecule has 3 nitrogen and oxygen atoms in total. The summed E-state index contributed by atoms with van der Waals surface area (Å²) in [5.74, 6) is -0.149.